The molecule has 138 valence electrons. The summed E-state index contributed by atoms with van der Waals surface area (Å²) in [5.41, 5.74) is 11.7. The van der Waals surface area contributed by atoms with E-state index in [2.05, 4.69) is 30.5 Å². The molecule has 5 heteroatoms. The number of aliphatic hydroxyl groups excluding tert-OH is 1. The minimum absolute atomic E-state index is 0.124. The highest BCUT2D eigenvalue weighted by Crippen LogP contribution is 2.64. The maximum absolute atomic E-state index is 10.1. The van der Waals surface area contributed by atoms with E-state index in [-0.39, 0.29) is 16.6 Å². The lowest BCUT2D eigenvalue weighted by Crippen LogP contribution is -2.50. The fraction of sp³-hybridized carbons (Fsp3) is 0.800. The van der Waals surface area contributed by atoms with Crippen LogP contribution >= 0.6 is 12.2 Å². The number of hydrogen-bond acceptors (Lipinski definition) is 3. The van der Waals surface area contributed by atoms with Crippen LogP contribution in [0.15, 0.2) is 16.8 Å². The topological polar surface area (TPSA) is 70.6 Å². The van der Waals surface area contributed by atoms with Gasteiger partial charge in [-0.15, -0.1) is 0 Å². The molecule has 4 aliphatic rings. The van der Waals surface area contributed by atoms with Crippen LogP contribution in [-0.4, -0.2) is 22.0 Å². The fourth-order valence-electron chi connectivity index (χ4n) is 6.74. The number of rotatable bonds is 1. The van der Waals surface area contributed by atoms with Gasteiger partial charge in [-0.05, 0) is 86.8 Å². The first kappa shape index (κ1) is 17.5. The van der Waals surface area contributed by atoms with Gasteiger partial charge in [-0.25, -0.2) is 0 Å². The number of aliphatic hydroxyl groups is 1. The van der Waals surface area contributed by atoms with Gasteiger partial charge in [0.25, 0.3) is 0 Å². The van der Waals surface area contributed by atoms with Crippen LogP contribution in [0.5, 0.6) is 0 Å². The summed E-state index contributed by atoms with van der Waals surface area (Å²) in [4.78, 5) is 0. The Hall–Kier alpha value is -0.940. The Kier molecular flexibility index (Phi) is 4.23. The van der Waals surface area contributed by atoms with Gasteiger partial charge in [0.15, 0.2) is 5.11 Å². The number of hydrazone groups is 1. The van der Waals surface area contributed by atoms with E-state index in [9.17, 15) is 5.11 Å². The minimum Gasteiger partial charge on any atom is -0.393 e. The summed E-state index contributed by atoms with van der Waals surface area (Å²) in [7, 11) is 0. The molecule has 4 N–H and O–H groups in total. The zero-order chi connectivity index (χ0) is 17.8. The highest BCUT2D eigenvalue weighted by Gasteiger charge is 2.57. The Bertz CT molecular complexity index is 645. The van der Waals surface area contributed by atoms with Gasteiger partial charge in [-0.3, -0.25) is 5.43 Å². The average Bonchev–Trinajstić information content (AvgIpc) is 2.90. The van der Waals surface area contributed by atoms with E-state index < -0.39 is 0 Å². The molecule has 0 radical (unpaired) electrons. The number of hydrogen-bond donors (Lipinski definition) is 3. The lowest BCUT2D eigenvalue weighted by atomic mass is 9.48. The monoisotopic (exact) mass is 361 g/mol. The molecular weight excluding hydrogens is 330 g/mol. The molecule has 4 nitrogen and oxygen atoms in total. The summed E-state index contributed by atoms with van der Waals surface area (Å²) in [6.07, 6.45) is 11.3. The lowest BCUT2D eigenvalue weighted by Gasteiger charge is -2.57. The van der Waals surface area contributed by atoms with E-state index in [4.69, 9.17) is 18.0 Å². The SMILES string of the molecule is C[C@]12CC[C@H](O)CC1=CC[C@H]1[C@H]2CC[C@]2(C)/C(=N/NC(N)=S)CC[C@H]12. The van der Waals surface area contributed by atoms with Crippen molar-refractivity contribution in [3.05, 3.63) is 11.6 Å². The first-order chi connectivity index (χ1) is 11.8. The van der Waals surface area contributed by atoms with Gasteiger partial charge < -0.3 is 10.8 Å². The van der Waals surface area contributed by atoms with E-state index in [1.54, 1.807) is 0 Å². The van der Waals surface area contributed by atoms with Crippen molar-refractivity contribution in [3.63, 3.8) is 0 Å². The van der Waals surface area contributed by atoms with Crippen LogP contribution in [0.2, 0.25) is 0 Å². The Labute approximate surface area is 156 Å². The molecule has 6 atom stereocenters. The molecule has 0 unspecified atom stereocenters. The zero-order valence-corrected chi connectivity index (χ0v) is 16.2. The number of nitrogens with zero attached hydrogens (tertiary/aromatic N) is 1. The van der Waals surface area contributed by atoms with Crippen molar-refractivity contribution in [1.29, 1.82) is 0 Å². The van der Waals surface area contributed by atoms with Gasteiger partial charge in [0.05, 0.1) is 6.10 Å². The normalized spacial score (nSPS) is 47.5. The molecule has 0 bridgehead atoms. The van der Waals surface area contributed by atoms with Crippen LogP contribution < -0.4 is 11.2 Å². The largest absolute Gasteiger partial charge is 0.393 e. The lowest BCUT2D eigenvalue weighted by molar-refractivity contribution is -0.0209. The van der Waals surface area contributed by atoms with Gasteiger partial charge in [-0.1, -0.05) is 25.5 Å². The van der Waals surface area contributed by atoms with Crippen LogP contribution in [0.1, 0.15) is 65.2 Å². The van der Waals surface area contributed by atoms with E-state index in [1.807, 2.05) is 0 Å². The molecule has 0 amide bonds. The number of thiocarbonyl (C=S) groups is 1. The van der Waals surface area contributed by atoms with Crippen molar-refractivity contribution in [2.24, 2.45) is 39.4 Å². The van der Waals surface area contributed by atoms with Gasteiger partial charge in [0, 0.05) is 11.1 Å². The predicted octanol–water partition coefficient (Wildman–Crippen LogP) is 3.50. The highest BCUT2D eigenvalue weighted by molar-refractivity contribution is 7.80. The third-order valence-electron chi connectivity index (χ3n) is 8.12. The molecule has 0 aromatic rings. The minimum atomic E-state index is -0.124. The molecule has 0 aromatic heterocycles. The van der Waals surface area contributed by atoms with Gasteiger partial charge in [0.1, 0.15) is 0 Å². The summed E-state index contributed by atoms with van der Waals surface area (Å²) >= 11 is 4.93. The predicted molar refractivity (Wildman–Crippen MR) is 105 cm³/mol. The second kappa shape index (κ2) is 6.05. The summed E-state index contributed by atoms with van der Waals surface area (Å²) in [5, 5.41) is 14.9. The smallest absolute Gasteiger partial charge is 0.184 e. The number of nitrogens with two attached hydrogens (primary N) is 1. The Morgan fingerprint density at radius 3 is 2.72 bits per heavy atom. The van der Waals surface area contributed by atoms with Crippen molar-refractivity contribution < 1.29 is 5.11 Å². The quantitative estimate of drug-likeness (QED) is 0.380. The molecule has 3 saturated carbocycles. The van der Waals surface area contributed by atoms with Crippen LogP contribution in [0, 0.1) is 28.6 Å². The molecule has 4 rings (SSSR count). The molecule has 25 heavy (non-hydrogen) atoms. The third-order valence-corrected chi connectivity index (χ3v) is 8.21. The zero-order valence-electron chi connectivity index (χ0n) is 15.4. The molecule has 0 heterocycles. The molecule has 0 aromatic carbocycles. The average molecular weight is 362 g/mol. The number of allylic oxidation sites excluding steroid dienone is 1. The Morgan fingerprint density at radius 1 is 1.24 bits per heavy atom. The van der Waals surface area contributed by atoms with E-state index in [0.29, 0.717) is 11.3 Å². The fourth-order valence-corrected chi connectivity index (χ4v) is 6.78. The number of nitrogens with one attached hydrogen (secondary N) is 1. The van der Waals surface area contributed by atoms with Crippen molar-refractivity contribution in [3.8, 4) is 0 Å². The standard InChI is InChI=1S/C20H31N3OS/c1-19-9-7-13(24)11-12(19)3-4-14-15-5-6-17(22-23-18(21)25)20(15,2)10-8-16(14)19/h3,13-16,24H,4-11H2,1-2H3,(H3,21,23,25)/b22-17+/t13-,14+,15+,16+,19-,20-/m0/s1. The summed E-state index contributed by atoms with van der Waals surface area (Å²) < 4.78 is 0. The van der Waals surface area contributed by atoms with Crippen LogP contribution in [0.25, 0.3) is 0 Å². The first-order valence-electron chi connectivity index (χ1n) is 9.84. The molecule has 3 fully saturated rings. The second-order valence-corrected chi connectivity index (χ2v) is 9.63. The Balaban J connectivity index is 1.62. The molecule has 0 aliphatic heterocycles. The third kappa shape index (κ3) is 2.66. The molecule has 4 aliphatic carbocycles. The molecular formula is C20H31N3OS. The van der Waals surface area contributed by atoms with Gasteiger partial charge >= 0.3 is 0 Å². The second-order valence-electron chi connectivity index (χ2n) is 9.19. The van der Waals surface area contributed by atoms with Crippen molar-refractivity contribution in [2.75, 3.05) is 0 Å². The van der Waals surface area contributed by atoms with E-state index in [1.165, 1.54) is 37.0 Å². The molecule has 0 saturated heterocycles. The van der Waals surface area contributed by atoms with E-state index >= 15 is 0 Å². The Morgan fingerprint density at radius 2 is 1.96 bits per heavy atom. The highest BCUT2D eigenvalue weighted by atomic mass is 32.1. The van der Waals surface area contributed by atoms with Crippen LogP contribution in [0.4, 0.5) is 0 Å². The number of fused-ring (bicyclic) bond motifs is 5. The van der Waals surface area contributed by atoms with Crippen molar-refractivity contribution >= 4 is 23.0 Å². The maximum atomic E-state index is 10.1. The summed E-state index contributed by atoms with van der Waals surface area (Å²) in [6.45, 7) is 4.88. The summed E-state index contributed by atoms with van der Waals surface area (Å²) in [5.74, 6) is 2.22. The first-order valence-corrected chi connectivity index (χ1v) is 10.3. The maximum Gasteiger partial charge on any atom is 0.184 e. The van der Waals surface area contributed by atoms with Gasteiger partial charge in [0.2, 0.25) is 0 Å². The summed E-state index contributed by atoms with van der Waals surface area (Å²) in [6, 6.07) is 0. The van der Waals surface area contributed by atoms with Crippen LogP contribution in [-0.2, 0) is 0 Å². The van der Waals surface area contributed by atoms with Gasteiger partial charge in [-0.2, -0.15) is 5.10 Å². The van der Waals surface area contributed by atoms with Crippen molar-refractivity contribution in [2.45, 2.75) is 71.3 Å². The van der Waals surface area contributed by atoms with Crippen LogP contribution in [0.3, 0.4) is 0 Å². The molecule has 0 spiro atoms. The van der Waals surface area contributed by atoms with E-state index in [0.717, 1.165) is 37.5 Å². The van der Waals surface area contributed by atoms with Crippen molar-refractivity contribution in [1.82, 2.24) is 5.43 Å².